The molecule has 1 saturated heterocycles. The van der Waals surface area contributed by atoms with Gasteiger partial charge in [-0.25, -0.2) is 0 Å². The molecule has 0 radical (unpaired) electrons. The lowest BCUT2D eigenvalue weighted by Gasteiger charge is -2.42. The van der Waals surface area contributed by atoms with E-state index in [9.17, 15) is 15.0 Å². The van der Waals surface area contributed by atoms with E-state index in [0.717, 1.165) is 0 Å². The number of ether oxygens (including phenoxy) is 2. The molecule has 0 aromatic heterocycles. The topological polar surface area (TPSA) is 108 Å². The summed E-state index contributed by atoms with van der Waals surface area (Å²) in [5, 5.41) is 31.0. The Labute approximate surface area is 99.3 Å². The van der Waals surface area contributed by atoms with Crippen molar-refractivity contribution in [2.24, 2.45) is 0 Å². The van der Waals surface area contributed by atoms with Crippen molar-refractivity contribution in [3.8, 4) is 0 Å². The first-order valence-electron chi connectivity index (χ1n) is 5.52. The third kappa shape index (κ3) is 3.36. The summed E-state index contributed by atoms with van der Waals surface area (Å²) in [4.78, 5) is 11.0. The van der Waals surface area contributed by atoms with Crippen LogP contribution in [0.1, 0.15) is 13.8 Å². The van der Waals surface area contributed by atoms with E-state index in [1.165, 1.54) is 6.92 Å². The van der Waals surface area contributed by atoms with Crippen molar-refractivity contribution in [1.82, 2.24) is 5.32 Å². The summed E-state index contributed by atoms with van der Waals surface area (Å²) >= 11 is 0. The molecular formula is C10H19NO6. The largest absolute Gasteiger partial charge is 0.394 e. The fourth-order valence-corrected chi connectivity index (χ4v) is 1.78. The predicted octanol–water partition coefficient (Wildman–Crippen LogP) is -2.03. The predicted molar refractivity (Wildman–Crippen MR) is 57.0 cm³/mol. The van der Waals surface area contributed by atoms with Crippen LogP contribution in [0.3, 0.4) is 0 Å². The molecule has 0 aromatic rings. The van der Waals surface area contributed by atoms with Crippen molar-refractivity contribution >= 4 is 5.91 Å². The molecule has 7 heteroatoms. The van der Waals surface area contributed by atoms with E-state index in [1.807, 2.05) is 0 Å². The summed E-state index contributed by atoms with van der Waals surface area (Å²) in [5.41, 5.74) is 0. The first-order chi connectivity index (χ1) is 8.01. The Morgan fingerprint density at radius 3 is 2.53 bits per heavy atom. The van der Waals surface area contributed by atoms with Crippen LogP contribution in [-0.4, -0.2) is 65.1 Å². The minimum atomic E-state index is -1.27. The van der Waals surface area contributed by atoms with Crippen molar-refractivity contribution in [3.05, 3.63) is 0 Å². The Hall–Kier alpha value is -0.730. The molecule has 0 unspecified atom stereocenters. The molecule has 0 bridgehead atoms. The van der Waals surface area contributed by atoms with Gasteiger partial charge >= 0.3 is 0 Å². The van der Waals surface area contributed by atoms with Gasteiger partial charge in [0, 0.05) is 13.5 Å². The molecule has 1 aliphatic heterocycles. The minimum absolute atomic E-state index is 0.321. The fraction of sp³-hybridized carbons (Fsp3) is 0.900. The zero-order valence-corrected chi connectivity index (χ0v) is 9.87. The molecule has 1 heterocycles. The van der Waals surface area contributed by atoms with Crippen molar-refractivity contribution in [1.29, 1.82) is 0 Å². The number of rotatable bonds is 4. The first kappa shape index (κ1) is 14.3. The zero-order valence-electron chi connectivity index (χ0n) is 9.87. The Morgan fingerprint density at radius 2 is 2.06 bits per heavy atom. The average Bonchev–Trinajstić information content (AvgIpc) is 2.28. The molecule has 1 aliphatic rings. The minimum Gasteiger partial charge on any atom is -0.394 e. The number of aliphatic hydroxyl groups excluding tert-OH is 3. The molecule has 7 nitrogen and oxygen atoms in total. The van der Waals surface area contributed by atoms with Gasteiger partial charge < -0.3 is 30.1 Å². The Bertz CT molecular complexity index is 261. The van der Waals surface area contributed by atoms with Crippen LogP contribution in [0.2, 0.25) is 0 Å². The number of hydrogen-bond acceptors (Lipinski definition) is 6. The highest BCUT2D eigenvalue weighted by atomic mass is 16.7. The normalized spacial score (nSPS) is 37.8. The van der Waals surface area contributed by atoms with E-state index in [2.05, 4.69) is 5.32 Å². The van der Waals surface area contributed by atoms with Gasteiger partial charge in [-0.15, -0.1) is 0 Å². The molecule has 1 fully saturated rings. The Kier molecular flexibility index (Phi) is 5.29. The molecule has 4 N–H and O–H groups in total. The third-order valence-electron chi connectivity index (χ3n) is 2.58. The lowest BCUT2D eigenvalue weighted by molar-refractivity contribution is -0.268. The maximum Gasteiger partial charge on any atom is 0.217 e. The van der Waals surface area contributed by atoms with Crippen LogP contribution in [0.5, 0.6) is 0 Å². The van der Waals surface area contributed by atoms with Crippen molar-refractivity contribution in [2.45, 2.75) is 44.5 Å². The molecule has 0 aliphatic carbocycles. The van der Waals surface area contributed by atoms with Gasteiger partial charge in [0.15, 0.2) is 6.29 Å². The van der Waals surface area contributed by atoms with E-state index in [0.29, 0.717) is 6.61 Å². The highest BCUT2D eigenvalue weighted by molar-refractivity contribution is 5.73. The van der Waals surface area contributed by atoms with Gasteiger partial charge in [-0.2, -0.15) is 0 Å². The molecule has 5 atom stereocenters. The SMILES string of the molecule is CCO[C@H]1O[C@H](CO)[C@@H](O)[C@H](O)[C@H]1NC(C)=O. The molecule has 0 spiro atoms. The summed E-state index contributed by atoms with van der Waals surface area (Å²) in [6, 6.07) is -0.856. The Morgan fingerprint density at radius 1 is 1.41 bits per heavy atom. The van der Waals surface area contributed by atoms with Gasteiger partial charge in [0.25, 0.3) is 0 Å². The maximum absolute atomic E-state index is 11.0. The second-order valence-electron chi connectivity index (χ2n) is 3.89. The maximum atomic E-state index is 11.0. The number of aliphatic hydroxyl groups is 3. The number of nitrogens with one attached hydrogen (secondary N) is 1. The van der Waals surface area contributed by atoms with E-state index < -0.39 is 37.3 Å². The number of carbonyl (C=O) groups is 1. The highest BCUT2D eigenvalue weighted by Crippen LogP contribution is 2.21. The van der Waals surface area contributed by atoms with E-state index in [1.54, 1.807) is 6.92 Å². The van der Waals surface area contributed by atoms with Gasteiger partial charge in [0.1, 0.15) is 24.4 Å². The number of amides is 1. The first-order valence-corrected chi connectivity index (χ1v) is 5.52. The molecule has 1 rings (SSSR count). The van der Waals surface area contributed by atoms with Crippen molar-refractivity contribution in [2.75, 3.05) is 13.2 Å². The van der Waals surface area contributed by atoms with Crippen LogP contribution in [0.15, 0.2) is 0 Å². The summed E-state index contributed by atoms with van der Waals surface area (Å²) in [6.07, 6.45) is -4.33. The van der Waals surface area contributed by atoms with Crippen LogP contribution in [0.4, 0.5) is 0 Å². The summed E-state index contributed by atoms with van der Waals surface area (Å²) in [6.45, 7) is 2.91. The molecule has 100 valence electrons. The third-order valence-corrected chi connectivity index (χ3v) is 2.58. The van der Waals surface area contributed by atoms with E-state index in [4.69, 9.17) is 14.6 Å². The van der Waals surface area contributed by atoms with Gasteiger partial charge in [0.05, 0.1) is 6.61 Å². The fourth-order valence-electron chi connectivity index (χ4n) is 1.78. The summed E-state index contributed by atoms with van der Waals surface area (Å²) in [5.74, 6) is -0.364. The Balaban J connectivity index is 2.78. The molecule has 0 saturated carbocycles. The molecule has 17 heavy (non-hydrogen) atoms. The molecule has 0 aromatic carbocycles. The highest BCUT2D eigenvalue weighted by Gasteiger charge is 2.45. The van der Waals surface area contributed by atoms with Gasteiger partial charge in [-0.05, 0) is 6.92 Å². The number of carbonyl (C=O) groups excluding carboxylic acids is 1. The van der Waals surface area contributed by atoms with Crippen molar-refractivity contribution < 1.29 is 29.6 Å². The second kappa shape index (κ2) is 6.27. The van der Waals surface area contributed by atoms with Crippen LogP contribution in [0.25, 0.3) is 0 Å². The van der Waals surface area contributed by atoms with Gasteiger partial charge in [-0.3, -0.25) is 4.79 Å². The second-order valence-corrected chi connectivity index (χ2v) is 3.89. The van der Waals surface area contributed by atoms with Crippen LogP contribution >= 0.6 is 0 Å². The average molecular weight is 249 g/mol. The monoisotopic (exact) mass is 249 g/mol. The van der Waals surface area contributed by atoms with Gasteiger partial charge in [0.2, 0.25) is 5.91 Å². The zero-order chi connectivity index (χ0) is 13.0. The van der Waals surface area contributed by atoms with E-state index in [-0.39, 0.29) is 5.91 Å². The quantitative estimate of drug-likeness (QED) is 0.457. The summed E-state index contributed by atoms with van der Waals surface area (Å²) in [7, 11) is 0. The van der Waals surface area contributed by atoms with Crippen molar-refractivity contribution in [3.63, 3.8) is 0 Å². The van der Waals surface area contributed by atoms with Gasteiger partial charge in [-0.1, -0.05) is 0 Å². The number of hydrogen-bond donors (Lipinski definition) is 4. The van der Waals surface area contributed by atoms with E-state index >= 15 is 0 Å². The summed E-state index contributed by atoms with van der Waals surface area (Å²) < 4.78 is 10.5. The smallest absolute Gasteiger partial charge is 0.217 e. The lowest BCUT2D eigenvalue weighted by Crippen LogP contribution is -2.64. The standard InChI is InChI=1S/C10H19NO6/c1-3-16-10-7(11-5(2)13)9(15)8(14)6(4-12)17-10/h6-10,12,14-15H,3-4H2,1-2H3,(H,11,13)/t6-,7-,8-,9-,10+/m1/s1. The molecule has 1 amide bonds. The van der Waals surface area contributed by atoms with Crippen LogP contribution in [-0.2, 0) is 14.3 Å². The molecular weight excluding hydrogens is 230 g/mol. The van der Waals surface area contributed by atoms with Crippen LogP contribution in [0, 0.1) is 0 Å². The van der Waals surface area contributed by atoms with Crippen LogP contribution < -0.4 is 5.32 Å². The lowest BCUT2D eigenvalue weighted by atomic mass is 9.97.